The summed E-state index contributed by atoms with van der Waals surface area (Å²) in [5, 5.41) is 0.618. The van der Waals surface area contributed by atoms with Crippen molar-refractivity contribution in [1.82, 2.24) is 0 Å². The van der Waals surface area contributed by atoms with E-state index in [1.807, 2.05) is 0 Å². The Hall–Kier alpha value is -0.120. The summed E-state index contributed by atoms with van der Waals surface area (Å²) in [6, 6.07) is 0. The van der Waals surface area contributed by atoms with Crippen LogP contribution in [-0.4, -0.2) is 8.76 Å². The maximum absolute atomic E-state index is 10.3. The predicted molar refractivity (Wildman–Crippen MR) is 37.4 cm³/mol. The van der Waals surface area contributed by atoms with Crippen molar-refractivity contribution in [2.75, 3.05) is 0 Å². The minimum atomic E-state index is -1.84. The molecule has 0 aliphatic heterocycles. The standard InChI is InChI=1S/C5H5ClO2S/c6-4-1-2-5(3-4)9(7)8/h1-2H,3H2,(H,7,8). The van der Waals surface area contributed by atoms with Crippen molar-refractivity contribution in [2.24, 2.45) is 0 Å². The molecule has 0 aromatic heterocycles. The maximum atomic E-state index is 10.3. The zero-order valence-electron chi connectivity index (χ0n) is 4.50. The molecular weight excluding hydrogens is 160 g/mol. The van der Waals surface area contributed by atoms with E-state index >= 15 is 0 Å². The van der Waals surface area contributed by atoms with Gasteiger partial charge in [0.05, 0.1) is 0 Å². The van der Waals surface area contributed by atoms with Gasteiger partial charge in [0.15, 0.2) is 11.1 Å². The van der Waals surface area contributed by atoms with Crippen molar-refractivity contribution in [2.45, 2.75) is 6.42 Å². The Kier molecular flexibility index (Phi) is 2.05. The third-order valence-electron chi connectivity index (χ3n) is 1.02. The van der Waals surface area contributed by atoms with Crippen LogP contribution in [0.5, 0.6) is 0 Å². The van der Waals surface area contributed by atoms with Gasteiger partial charge in [0, 0.05) is 16.4 Å². The smallest absolute Gasteiger partial charge is 0.182 e. The fraction of sp³-hybridized carbons (Fsp3) is 0.200. The molecule has 9 heavy (non-hydrogen) atoms. The average molecular weight is 165 g/mol. The molecule has 0 aromatic rings. The van der Waals surface area contributed by atoms with Crippen LogP contribution in [0.1, 0.15) is 6.42 Å². The lowest BCUT2D eigenvalue weighted by Crippen LogP contribution is -1.88. The molecule has 0 saturated carbocycles. The predicted octanol–water partition coefficient (Wildman–Crippen LogP) is 1.62. The number of hydrogen-bond donors (Lipinski definition) is 1. The number of hydrogen-bond acceptors (Lipinski definition) is 1. The average Bonchev–Trinajstić information content (AvgIpc) is 2.14. The largest absolute Gasteiger partial charge is 0.302 e. The van der Waals surface area contributed by atoms with E-state index in [-0.39, 0.29) is 0 Å². The van der Waals surface area contributed by atoms with Crippen LogP contribution >= 0.6 is 11.6 Å². The molecule has 1 aliphatic carbocycles. The lowest BCUT2D eigenvalue weighted by Gasteiger charge is -1.91. The topological polar surface area (TPSA) is 37.3 Å². The second kappa shape index (κ2) is 2.64. The van der Waals surface area contributed by atoms with Gasteiger partial charge in [-0.3, -0.25) is 0 Å². The van der Waals surface area contributed by atoms with Gasteiger partial charge in [-0.15, -0.1) is 0 Å². The summed E-state index contributed by atoms with van der Waals surface area (Å²) in [5.74, 6) is 0. The monoisotopic (exact) mass is 164 g/mol. The lowest BCUT2D eigenvalue weighted by atomic mass is 10.5. The molecule has 50 valence electrons. The molecule has 1 rings (SSSR count). The molecule has 1 aliphatic rings. The molecule has 2 nitrogen and oxygen atoms in total. The molecule has 0 spiro atoms. The molecule has 0 fully saturated rings. The highest BCUT2D eigenvalue weighted by atomic mass is 35.5. The SMILES string of the molecule is O=S(O)C1=CC=C(Cl)C1. The van der Waals surface area contributed by atoms with Gasteiger partial charge in [-0.25, -0.2) is 4.21 Å². The van der Waals surface area contributed by atoms with Gasteiger partial charge >= 0.3 is 0 Å². The third kappa shape index (κ3) is 1.64. The van der Waals surface area contributed by atoms with Crippen molar-refractivity contribution < 1.29 is 8.76 Å². The summed E-state index contributed by atoms with van der Waals surface area (Å²) in [7, 11) is 0. The highest BCUT2D eigenvalue weighted by Crippen LogP contribution is 2.23. The molecule has 1 atom stereocenters. The molecule has 0 saturated heterocycles. The van der Waals surface area contributed by atoms with Gasteiger partial charge in [-0.05, 0) is 12.2 Å². The molecule has 1 N–H and O–H groups in total. The molecule has 0 radical (unpaired) electrons. The second-order valence-corrected chi connectivity index (χ2v) is 3.18. The molecule has 0 bridgehead atoms. The van der Waals surface area contributed by atoms with E-state index in [0.717, 1.165) is 0 Å². The van der Waals surface area contributed by atoms with Gasteiger partial charge in [-0.2, -0.15) is 0 Å². The quantitative estimate of drug-likeness (QED) is 0.598. The molecule has 1 unspecified atom stereocenters. The van der Waals surface area contributed by atoms with E-state index in [1.165, 1.54) is 0 Å². The summed E-state index contributed by atoms with van der Waals surface area (Å²) in [5.41, 5.74) is 0. The fourth-order valence-electron chi connectivity index (χ4n) is 0.588. The van der Waals surface area contributed by atoms with E-state index in [0.29, 0.717) is 16.4 Å². The van der Waals surface area contributed by atoms with Crippen molar-refractivity contribution in [3.8, 4) is 0 Å². The Labute approximate surface area is 60.5 Å². The van der Waals surface area contributed by atoms with Crippen LogP contribution in [0.2, 0.25) is 0 Å². The van der Waals surface area contributed by atoms with Crippen LogP contribution in [0, 0.1) is 0 Å². The van der Waals surface area contributed by atoms with Gasteiger partial charge < -0.3 is 4.55 Å². The van der Waals surface area contributed by atoms with Crippen molar-refractivity contribution in [3.63, 3.8) is 0 Å². The van der Waals surface area contributed by atoms with Crippen LogP contribution in [0.3, 0.4) is 0 Å². The first-order valence-corrected chi connectivity index (χ1v) is 3.84. The second-order valence-electron chi connectivity index (χ2n) is 1.67. The third-order valence-corrected chi connectivity index (χ3v) is 2.01. The fourth-order valence-corrected chi connectivity index (χ4v) is 1.34. The first-order valence-electron chi connectivity index (χ1n) is 2.36. The van der Waals surface area contributed by atoms with E-state index in [4.69, 9.17) is 16.2 Å². The van der Waals surface area contributed by atoms with E-state index in [1.54, 1.807) is 12.2 Å². The first-order chi connectivity index (χ1) is 4.20. The van der Waals surface area contributed by atoms with E-state index in [9.17, 15) is 4.21 Å². The minimum Gasteiger partial charge on any atom is -0.302 e. The molecule has 0 aromatic carbocycles. The Balaban J connectivity index is 2.64. The van der Waals surface area contributed by atoms with Crippen molar-refractivity contribution in [1.29, 1.82) is 0 Å². The number of halogens is 1. The minimum absolute atomic E-state index is 0.421. The highest BCUT2D eigenvalue weighted by Gasteiger charge is 2.09. The normalized spacial score (nSPS) is 21.1. The molecule has 0 heterocycles. The van der Waals surface area contributed by atoms with E-state index in [2.05, 4.69) is 0 Å². The molecule has 4 heteroatoms. The summed E-state index contributed by atoms with van der Waals surface area (Å²) < 4.78 is 18.8. The Morgan fingerprint density at radius 3 is 2.56 bits per heavy atom. The zero-order valence-corrected chi connectivity index (χ0v) is 6.08. The van der Waals surface area contributed by atoms with Crippen molar-refractivity contribution >= 4 is 22.7 Å². The summed E-state index contributed by atoms with van der Waals surface area (Å²) in [6.45, 7) is 0. The number of allylic oxidation sites excluding steroid dienone is 4. The Bertz CT molecular complexity index is 207. The van der Waals surface area contributed by atoms with Crippen LogP contribution in [0.4, 0.5) is 0 Å². The Morgan fingerprint density at radius 2 is 2.33 bits per heavy atom. The summed E-state index contributed by atoms with van der Waals surface area (Å²) in [4.78, 5) is 0.472. The Morgan fingerprint density at radius 1 is 1.67 bits per heavy atom. The van der Waals surface area contributed by atoms with E-state index < -0.39 is 11.1 Å². The highest BCUT2D eigenvalue weighted by molar-refractivity contribution is 7.83. The van der Waals surface area contributed by atoms with Gasteiger partial charge in [0.25, 0.3) is 0 Å². The van der Waals surface area contributed by atoms with Gasteiger partial charge in [-0.1, -0.05) is 11.6 Å². The van der Waals surface area contributed by atoms with Crippen LogP contribution < -0.4 is 0 Å². The number of rotatable bonds is 1. The van der Waals surface area contributed by atoms with Crippen molar-refractivity contribution in [3.05, 3.63) is 22.1 Å². The summed E-state index contributed by atoms with van der Waals surface area (Å²) >= 11 is 3.68. The maximum Gasteiger partial charge on any atom is 0.182 e. The van der Waals surface area contributed by atoms with Gasteiger partial charge in [0.2, 0.25) is 0 Å². The van der Waals surface area contributed by atoms with Crippen LogP contribution in [0.25, 0.3) is 0 Å². The zero-order chi connectivity index (χ0) is 6.85. The lowest BCUT2D eigenvalue weighted by molar-refractivity contribution is 0.570. The molecular formula is C5H5ClO2S. The van der Waals surface area contributed by atoms with Crippen LogP contribution in [0.15, 0.2) is 22.1 Å². The molecule has 0 amide bonds. The van der Waals surface area contributed by atoms with Gasteiger partial charge in [0.1, 0.15) is 0 Å². The first kappa shape index (κ1) is 6.99. The van der Waals surface area contributed by atoms with Crippen LogP contribution in [-0.2, 0) is 11.1 Å². The summed E-state index contributed by atoms with van der Waals surface area (Å²) in [6.07, 6.45) is 3.62.